The number of aryl methyl sites for hydroxylation is 2. The number of fused-ring (bicyclic) bond motifs is 2. The number of nitrogens with zero attached hydrogens (tertiary/aromatic N) is 5. The van der Waals surface area contributed by atoms with Crippen molar-refractivity contribution >= 4 is 16.7 Å². The fraction of sp³-hybridized carbons (Fsp3) is 0.429. The van der Waals surface area contributed by atoms with Gasteiger partial charge in [0.25, 0.3) is 5.56 Å². The molecular weight excluding hydrogens is 338 g/mol. The minimum Gasteiger partial charge on any atom is -0.345 e. The van der Waals surface area contributed by atoms with E-state index >= 15 is 0 Å². The van der Waals surface area contributed by atoms with E-state index in [1.165, 1.54) is 18.4 Å². The number of para-hydroxylation sites is 1. The normalized spacial score (nSPS) is 19.4. The van der Waals surface area contributed by atoms with Crippen molar-refractivity contribution in [1.29, 1.82) is 0 Å². The highest BCUT2D eigenvalue weighted by Crippen LogP contribution is 2.35. The maximum atomic E-state index is 12.8. The number of benzene rings is 1. The highest BCUT2D eigenvalue weighted by atomic mass is 16.1. The zero-order valence-electron chi connectivity index (χ0n) is 15.6. The number of rotatable bonds is 2. The van der Waals surface area contributed by atoms with E-state index in [1.54, 1.807) is 4.57 Å². The Kier molecular flexibility index (Phi) is 3.92. The Balaban J connectivity index is 1.58. The van der Waals surface area contributed by atoms with Crippen LogP contribution in [0.4, 0.5) is 5.82 Å². The molecule has 1 aromatic carbocycles. The van der Waals surface area contributed by atoms with Crippen molar-refractivity contribution in [3.63, 3.8) is 0 Å². The average Bonchev–Trinajstić information content (AvgIpc) is 3.20. The van der Waals surface area contributed by atoms with Gasteiger partial charge in [0.05, 0.1) is 22.6 Å². The molecule has 1 saturated heterocycles. The van der Waals surface area contributed by atoms with Crippen molar-refractivity contribution in [3.05, 3.63) is 57.8 Å². The predicted molar refractivity (Wildman–Crippen MR) is 105 cm³/mol. The minimum atomic E-state index is 0.0129. The van der Waals surface area contributed by atoms with Crippen LogP contribution in [0.3, 0.4) is 0 Å². The molecule has 0 N–H and O–H groups in total. The summed E-state index contributed by atoms with van der Waals surface area (Å²) in [5, 5.41) is 9.69. The Bertz CT molecular complexity index is 1070. The molecule has 1 atom stereocenters. The van der Waals surface area contributed by atoms with E-state index in [0.717, 1.165) is 55.1 Å². The Morgan fingerprint density at radius 1 is 1.07 bits per heavy atom. The number of aromatic nitrogens is 4. The molecule has 0 saturated carbocycles. The topological polar surface area (TPSA) is 63.9 Å². The predicted octanol–water partition coefficient (Wildman–Crippen LogP) is 2.94. The Hall–Kier alpha value is -2.76. The van der Waals surface area contributed by atoms with Crippen LogP contribution in [0.2, 0.25) is 0 Å². The summed E-state index contributed by atoms with van der Waals surface area (Å²) >= 11 is 0. The summed E-state index contributed by atoms with van der Waals surface area (Å²) in [6.07, 6.45) is 6.58. The Morgan fingerprint density at radius 2 is 1.93 bits per heavy atom. The molecule has 1 unspecified atom stereocenters. The average molecular weight is 361 g/mol. The smallest absolute Gasteiger partial charge is 0.261 e. The van der Waals surface area contributed by atoms with E-state index in [-0.39, 0.29) is 11.6 Å². The van der Waals surface area contributed by atoms with E-state index in [4.69, 9.17) is 4.98 Å². The summed E-state index contributed by atoms with van der Waals surface area (Å²) in [6.45, 7) is 0.917. The molecule has 6 nitrogen and oxygen atoms in total. The first-order valence-electron chi connectivity index (χ1n) is 9.80. The van der Waals surface area contributed by atoms with Gasteiger partial charge in [0, 0.05) is 13.6 Å². The van der Waals surface area contributed by atoms with Gasteiger partial charge in [-0.05, 0) is 62.3 Å². The molecule has 1 aliphatic heterocycles. The number of hydrogen-bond acceptors (Lipinski definition) is 5. The van der Waals surface area contributed by atoms with E-state index in [9.17, 15) is 4.79 Å². The van der Waals surface area contributed by atoms with Crippen LogP contribution in [0.25, 0.3) is 10.9 Å². The van der Waals surface area contributed by atoms with Crippen LogP contribution in [-0.2, 0) is 19.9 Å². The summed E-state index contributed by atoms with van der Waals surface area (Å²) in [5.41, 5.74) is 3.26. The molecular formula is C21H23N5O. The third kappa shape index (κ3) is 2.71. The molecule has 27 heavy (non-hydrogen) atoms. The summed E-state index contributed by atoms with van der Waals surface area (Å²) in [4.78, 5) is 19.9. The summed E-state index contributed by atoms with van der Waals surface area (Å²) < 4.78 is 1.71. The lowest BCUT2D eigenvalue weighted by Crippen LogP contribution is -2.31. The second kappa shape index (κ2) is 6.44. The van der Waals surface area contributed by atoms with Gasteiger partial charge in [-0.15, -0.1) is 5.10 Å². The van der Waals surface area contributed by atoms with Gasteiger partial charge in [0.15, 0.2) is 5.82 Å². The van der Waals surface area contributed by atoms with E-state index in [2.05, 4.69) is 21.2 Å². The van der Waals surface area contributed by atoms with Crippen LogP contribution in [-0.4, -0.2) is 26.3 Å². The second-order valence-electron chi connectivity index (χ2n) is 7.58. The lowest BCUT2D eigenvalue weighted by molar-refractivity contribution is 0.600. The number of anilines is 1. The molecule has 0 amide bonds. The van der Waals surface area contributed by atoms with E-state index in [1.807, 2.05) is 31.3 Å². The quantitative estimate of drug-likeness (QED) is 0.702. The second-order valence-corrected chi connectivity index (χ2v) is 7.58. The van der Waals surface area contributed by atoms with Gasteiger partial charge in [0.1, 0.15) is 5.82 Å². The van der Waals surface area contributed by atoms with Gasteiger partial charge in [-0.3, -0.25) is 9.36 Å². The summed E-state index contributed by atoms with van der Waals surface area (Å²) in [6, 6.07) is 9.84. The Morgan fingerprint density at radius 3 is 2.85 bits per heavy atom. The zero-order valence-corrected chi connectivity index (χ0v) is 15.6. The highest BCUT2D eigenvalue weighted by Gasteiger charge is 2.31. The van der Waals surface area contributed by atoms with Crippen molar-refractivity contribution in [3.8, 4) is 0 Å². The molecule has 5 rings (SSSR count). The van der Waals surface area contributed by atoms with Crippen LogP contribution < -0.4 is 10.5 Å². The van der Waals surface area contributed by atoms with Crippen molar-refractivity contribution in [1.82, 2.24) is 19.7 Å². The first-order valence-corrected chi connectivity index (χ1v) is 9.80. The maximum absolute atomic E-state index is 12.8. The maximum Gasteiger partial charge on any atom is 0.261 e. The molecule has 0 bridgehead atoms. The standard InChI is InChI=1S/C21H23N5O/c1-25-20(22-17-10-5-3-8-15(17)21(25)27)18-11-6-12-26(18)19-13-14-7-2-4-9-16(14)23-24-19/h3,5,8,10,13,18H,2,4,6-7,9,11-12H2,1H3. The van der Waals surface area contributed by atoms with E-state index in [0.29, 0.717) is 5.39 Å². The first-order chi connectivity index (χ1) is 13.2. The van der Waals surface area contributed by atoms with Crippen molar-refractivity contribution < 1.29 is 0 Å². The van der Waals surface area contributed by atoms with Crippen molar-refractivity contribution in [2.75, 3.05) is 11.4 Å². The fourth-order valence-corrected chi connectivity index (χ4v) is 4.46. The molecule has 3 aromatic rings. The highest BCUT2D eigenvalue weighted by molar-refractivity contribution is 5.77. The molecule has 2 aromatic heterocycles. The van der Waals surface area contributed by atoms with Gasteiger partial charge >= 0.3 is 0 Å². The zero-order chi connectivity index (χ0) is 18.4. The van der Waals surface area contributed by atoms with Crippen LogP contribution in [0.1, 0.15) is 48.8 Å². The van der Waals surface area contributed by atoms with Gasteiger partial charge in [0.2, 0.25) is 0 Å². The third-order valence-electron chi connectivity index (χ3n) is 5.92. The molecule has 138 valence electrons. The first kappa shape index (κ1) is 16.4. The number of hydrogen-bond donors (Lipinski definition) is 0. The molecule has 0 spiro atoms. The van der Waals surface area contributed by atoms with Gasteiger partial charge < -0.3 is 4.90 Å². The lowest BCUT2D eigenvalue weighted by Gasteiger charge is -2.27. The molecule has 6 heteroatoms. The third-order valence-corrected chi connectivity index (χ3v) is 5.92. The van der Waals surface area contributed by atoms with Crippen molar-refractivity contribution in [2.24, 2.45) is 7.05 Å². The summed E-state index contributed by atoms with van der Waals surface area (Å²) in [5.74, 6) is 1.73. The molecule has 1 fully saturated rings. The fourth-order valence-electron chi connectivity index (χ4n) is 4.46. The van der Waals surface area contributed by atoms with Crippen LogP contribution in [0.15, 0.2) is 35.1 Å². The monoisotopic (exact) mass is 361 g/mol. The largest absolute Gasteiger partial charge is 0.345 e. The molecule has 2 aliphatic rings. The van der Waals surface area contributed by atoms with Crippen LogP contribution >= 0.6 is 0 Å². The van der Waals surface area contributed by atoms with Crippen molar-refractivity contribution in [2.45, 2.75) is 44.6 Å². The van der Waals surface area contributed by atoms with Gasteiger partial charge in [-0.2, -0.15) is 5.10 Å². The van der Waals surface area contributed by atoms with Crippen LogP contribution in [0.5, 0.6) is 0 Å². The SMILES string of the molecule is Cn1c(C2CCCN2c2cc3c(nn2)CCCC3)nc2ccccc2c1=O. The molecule has 0 radical (unpaired) electrons. The van der Waals surface area contributed by atoms with Crippen LogP contribution in [0, 0.1) is 0 Å². The molecule has 1 aliphatic carbocycles. The molecule has 3 heterocycles. The Labute approximate surface area is 157 Å². The minimum absolute atomic E-state index is 0.0129. The van der Waals surface area contributed by atoms with Gasteiger partial charge in [-0.1, -0.05) is 12.1 Å². The van der Waals surface area contributed by atoms with E-state index < -0.39 is 0 Å². The summed E-state index contributed by atoms with van der Waals surface area (Å²) in [7, 11) is 1.83. The lowest BCUT2D eigenvalue weighted by atomic mass is 9.97. The van der Waals surface area contributed by atoms with Gasteiger partial charge in [-0.25, -0.2) is 4.98 Å².